The normalized spacial score (nSPS) is 18.2. The van der Waals surface area contributed by atoms with Crippen molar-refractivity contribution in [2.24, 2.45) is 0 Å². The van der Waals surface area contributed by atoms with Gasteiger partial charge >= 0.3 is 0 Å². The molecule has 3 nitrogen and oxygen atoms in total. The summed E-state index contributed by atoms with van der Waals surface area (Å²) in [6.07, 6.45) is 0. The van der Waals surface area contributed by atoms with Gasteiger partial charge in [0.15, 0.2) is 5.78 Å². The molecule has 17 heavy (non-hydrogen) atoms. The molecule has 1 saturated heterocycles. The van der Waals surface area contributed by atoms with Crippen LogP contribution in [0.15, 0.2) is 24.3 Å². The predicted molar refractivity (Wildman–Crippen MR) is 65.0 cm³/mol. The third-order valence-corrected chi connectivity index (χ3v) is 4.08. The van der Waals surface area contributed by atoms with Crippen molar-refractivity contribution in [1.82, 2.24) is 4.90 Å². The molecule has 5 heteroatoms. The Bertz CT molecular complexity index is 423. The predicted octanol–water partition coefficient (Wildman–Crippen LogP) is 1.07. The van der Waals surface area contributed by atoms with E-state index in [1.54, 1.807) is 0 Å². The van der Waals surface area contributed by atoms with E-state index in [0.717, 1.165) is 0 Å². The van der Waals surface area contributed by atoms with Crippen molar-refractivity contribution >= 4 is 16.6 Å². The molecule has 0 atom stereocenters. The highest BCUT2D eigenvalue weighted by Gasteiger charge is 2.18. The zero-order chi connectivity index (χ0) is 12.3. The highest BCUT2D eigenvalue weighted by Crippen LogP contribution is 2.06. The van der Waals surface area contributed by atoms with E-state index in [1.807, 2.05) is 4.90 Å². The van der Waals surface area contributed by atoms with E-state index >= 15 is 0 Å². The van der Waals surface area contributed by atoms with E-state index in [9.17, 15) is 13.4 Å². The fourth-order valence-electron chi connectivity index (χ4n) is 1.76. The lowest BCUT2D eigenvalue weighted by atomic mass is 10.1. The van der Waals surface area contributed by atoms with Crippen molar-refractivity contribution < 1.29 is 13.4 Å². The van der Waals surface area contributed by atoms with Crippen LogP contribution < -0.4 is 0 Å². The van der Waals surface area contributed by atoms with Gasteiger partial charge in [-0.2, -0.15) is 0 Å². The van der Waals surface area contributed by atoms with Crippen LogP contribution in [0.4, 0.5) is 4.39 Å². The van der Waals surface area contributed by atoms with Crippen LogP contribution in [0.3, 0.4) is 0 Å². The molecule has 1 aliphatic rings. The molecule has 0 N–H and O–H groups in total. The number of ketones is 1. The average molecular weight is 255 g/mol. The minimum Gasteiger partial charge on any atom is -0.294 e. The molecule has 1 aromatic carbocycles. The Morgan fingerprint density at radius 3 is 2.41 bits per heavy atom. The van der Waals surface area contributed by atoms with Gasteiger partial charge in [-0.05, 0) is 24.3 Å². The van der Waals surface area contributed by atoms with Gasteiger partial charge in [-0.25, -0.2) is 4.39 Å². The highest BCUT2D eigenvalue weighted by molar-refractivity contribution is 7.85. The maximum absolute atomic E-state index is 12.7. The Labute approximate surface area is 102 Å². The Hall–Kier alpha value is -1.07. The molecule has 0 amide bonds. The number of rotatable bonds is 3. The molecule has 92 valence electrons. The lowest BCUT2D eigenvalue weighted by Gasteiger charge is -2.25. The second-order valence-electron chi connectivity index (χ2n) is 4.05. The van der Waals surface area contributed by atoms with Gasteiger partial charge in [0.1, 0.15) is 5.82 Å². The van der Waals surface area contributed by atoms with Gasteiger partial charge in [0, 0.05) is 41.0 Å². The van der Waals surface area contributed by atoms with Gasteiger partial charge in [0.25, 0.3) is 0 Å². The molecular weight excluding hydrogens is 241 g/mol. The zero-order valence-corrected chi connectivity index (χ0v) is 10.2. The number of Topliss-reactive ketones (excluding diaryl/α,β-unsaturated/α-hetero) is 1. The van der Waals surface area contributed by atoms with Crippen LogP contribution in [-0.4, -0.2) is 46.0 Å². The number of hydrogen-bond donors (Lipinski definition) is 0. The molecule has 1 heterocycles. The largest absolute Gasteiger partial charge is 0.294 e. The van der Waals surface area contributed by atoms with E-state index in [4.69, 9.17) is 0 Å². The minimum atomic E-state index is -0.726. The van der Waals surface area contributed by atoms with Crippen LogP contribution in [-0.2, 0) is 10.8 Å². The third kappa shape index (κ3) is 3.44. The van der Waals surface area contributed by atoms with Crippen molar-refractivity contribution in [3.63, 3.8) is 0 Å². The molecule has 0 radical (unpaired) electrons. The molecule has 0 spiro atoms. The van der Waals surface area contributed by atoms with Crippen molar-refractivity contribution in [3.8, 4) is 0 Å². The first-order valence-electron chi connectivity index (χ1n) is 5.51. The second-order valence-corrected chi connectivity index (χ2v) is 5.75. The van der Waals surface area contributed by atoms with Gasteiger partial charge < -0.3 is 0 Å². The fraction of sp³-hybridized carbons (Fsp3) is 0.417. The van der Waals surface area contributed by atoms with E-state index in [2.05, 4.69) is 0 Å². The number of hydrogen-bond acceptors (Lipinski definition) is 3. The maximum atomic E-state index is 12.7. The Kier molecular flexibility index (Phi) is 4.02. The number of nitrogens with zero attached hydrogens (tertiary/aromatic N) is 1. The van der Waals surface area contributed by atoms with E-state index < -0.39 is 10.8 Å². The molecule has 0 unspecified atom stereocenters. The SMILES string of the molecule is O=C(CN1CCS(=O)CC1)c1ccc(F)cc1. The monoisotopic (exact) mass is 255 g/mol. The van der Waals surface area contributed by atoms with Gasteiger partial charge in [-0.1, -0.05) is 0 Å². The summed E-state index contributed by atoms with van der Waals surface area (Å²) in [5.74, 6) is 0.917. The number of carbonyl (C=O) groups excluding carboxylic acids is 1. The number of halogens is 1. The molecule has 0 aliphatic carbocycles. The van der Waals surface area contributed by atoms with E-state index in [-0.39, 0.29) is 11.6 Å². The summed E-state index contributed by atoms with van der Waals surface area (Å²) in [5, 5.41) is 0. The first kappa shape index (κ1) is 12.4. The van der Waals surface area contributed by atoms with Crippen molar-refractivity contribution in [3.05, 3.63) is 35.6 Å². The standard InChI is InChI=1S/C12H14FNO2S/c13-11-3-1-10(2-4-11)12(15)9-14-5-7-17(16)8-6-14/h1-4H,5-9H2. The Balaban J connectivity index is 1.93. The van der Waals surface area contributed by atoms with Gasteiger partial charge in [-0.15, -0.1) is 0 Å². The Morgan fingerprint density at radius 2 is 1.82 bits per heavy atom. The quantitative estimate of drug-likeness (QED) is 0.758. The molecule has 2 rings (SSSR count). The number of benzene rings is 1. The summed E-state index contributed by atoms with van der Waals surface area (Å²) in [6.45, 7) is 1.71. The topological polar surface area (TPSA) is 37.4 Å². The van der Waals surface area contributed by atoms with Crippen LogP contribution in [0.2, 0.25) is 0 Å². The van der Waals surface area contributed by atoms with Gasteiger partial charge in [-0.3, -0.25) is 13.9 Å². The van der Waals surface area contributed by atoms with Crippen LogP contribution in [0.1, 0.15) is 10.4 Å². The average Bonchev–Trinajstić information content (AvgIpc) is 2.33. The summed E-state index contributed by atoms with van der Waals surface area (Å²) in [7, 11) is -0.726. The molecule has 0 bridgehead atoms. The highest BCUT2D eigenvalue weighted by atomic mass is 32.2. The molecule has 1 aromatic rings. The first-order chi connectivity index (χ1) is 8.15. The minimum absolute atomic E-state index is 0.0160. The fourth-order valence-corrected chi connectivity index (χ4v) is 2.89. The first-order valence-corrected chi connectivity index (χ1v) is 7.00. The lowest BCUT2D eigenvalue weighted by Crippen LogP contribution is -2.40. The van der Waals surface area contributed by atoms with E-state index in [1.165, 1.54) is 24.3 Å². The summed E-state index contributed by atoms with van der Waals surface area (Å²) >= 11 is 0. The van der Waals surface area contributed by atoms with Crippen LogP contribution in [0.5, 0.6) is 0 Å². The van der Waals surface area contributed by atoms with Crippen LogP contribution >= 0.6 is 0 Å². The van der Waals surface area contributed by atoms with Crippen LogP contribution in [0.25, 0.3) is 0 Å². The van der Waals surface area contributed by atoms with Crippen molar-refractivity contribution in [2.45, 2.75) is 0 Å². The molecule has 0 aromatic heterocycles. The lowest BCUT2D eigenvalue weighted by molar-refractivity contribution is 0.0936. The molecule has 1 aliphatic heterocycles. The van der Waals surface area contributed by atoms with Crippen LogP contribution in [0, 0.1) is 5.82 Å². The molecule has 1 fully saturated rings. The van der Waals surface area contributed by atoms with Crippen molar-refractivity contribution in [1.29, 1.82) is 0 Å². The maximum Gasteiger partial charge on any atom is 0.176 e. The number of carbonyl (C=O) groups is 1. The summed E-state index contributed by atoms with van der Waals surface area (Å²) < 4.78 is 23.9. The smallest absolute Gasteiger partial charge is 0.176 e. The summed E-state index contributed by atoms with van der Waals surface area (Å²) in [5.41, 5.74) is 0.526. The van der Waals surface area contributed by atoms with Gasteiger partial charge in [0.05, 0.1) is 6.54 Å². The zero-order valence-electron chi connectivity index (χ0n) is 9.39. The third-order valence-electron chi connectivity index (χ3n) is 2.80. The van der Waals surface area contributed by atoms with E-state index in [0.29, 0.717) is 36.7 Å². The summed E-state index contributed by atoms with van der Waals surface area (Å²) in [6, 6.07) is 5.58. The molecule has 0 saturated carbocycles. The van der Waals surface area contributed by atoms with Crippen molar-refractivity contribution in [2.75, 3.05) is 31.1 Å². The Morgan fingerprint density at radius 1 is 1.24 bits per heavy atom. The summed E-state index contributed by atoms with van der Waals surface area (Å²) in [4.78, 5) is 13.9. The second kappa shape index (κ2) is 5.51. The molecular formula is C12H14FNO2S. The van der Waals surface area contributed by atoms with Gasteiger partial charge in [0.2, 0.25) is 0 Å².